The Morgan fingerprint density at radius 3 is 2.70 bits per heavy atom. The lowest BCUT2D eigenvalue weighted by atomic mass is 10.0. The molecular weight excluding hydrogens is 332 g/mol. The molecular formula is C12H15BrN2O5. The van der Waals surface area contributed by atoms with Gasteiger partial charge in [0.15, 0.2) is 5.54 Å². The number of nitrogens with one attached hydrogen (secondary N) is 1. The Morgan fingerprint density at radius 1 is 1.50 bits per heavy atom. The fourth-order valence-electron chi connectivity index (χ4n) is 1.57. The molecule has 0 aromatic carbocycles. The summed E-state index contributed by atoms with van der Waals surface area (Å²) in [6, 6.07) is 2.87. The molecule has 7 nitrogen and oxygen atoms in total. The van der Waals surface area contributed by atoms with Crippen molar-refractivity contribution in [3.8, 4) is 0 Å². The molecule has 0 aliphatic heterocycles. The smallest absolute Gasteiger partial charge is 0.331 e. The number of methoxy groups -OCH3 is 1. The molecule has 1 rings (SSSR count). The fourth-order valence-corrected chi connectivity index (χ4v) is 1.95. The Morgan fingerprint density at radius 2 is 2.15 bits per heavy atom. The average Bonchev–Trinajstić information content (AvgIpc) is 2.33. The van der Waals surface area contributed by atoms with Crippen LogP contribution in [0.15, 0.2) is 27.6 Å². The molecule has 0 fully saturated rings. The van der Waals surface area contributed by atoms with Crippen LogP contribution < -0.4 is 10.9 Å². The Hall–Kier alpha value is -1.67. The van der Waals surface area contributed by atoms with E-state index in [-0.39, 0.29) is 18.7 Å². The van der Waals surface area contributed by atoms with Gasteiger partial charge in [-0.3, -0.25) is 9.59 Å². The SMILES string of the molecule is COCC(C)(NC(=O)Cn1cc(Br)ccc1=O)C(=O)O. The van der Waals surface area contributed by atoms with Crippen molar-refractivity contribution < 1.29 is 19.4 Å². The van der Waals surface area contributed by atoms with Crippen LogP contribution in [-0.4, -0.2) is 40.8 Å². The molecule has 1 atom stereocenters. The lowest BCUT2D eigenvalue weighted by Gasteiger charge is -2.25. The van der Waals surface area contributed by atoms with Crippen LogP contribution in [0.1, 0.15) is 6.92 Å². The Labute approximate surface area is 123 Å². The molecule has 0 bridgehead atoms. The topological polar surface area (TPSA) is 97.6 Å². The highest BCUT2D eigenvalue weighted by atomic mass is 79.9. The van der Waals surface area contributed by atoms with E-state index in [2.05, 4.69) is 21.2 Å². The van der Waals surface area contributed by atoms with Crippen LogP contribution in [0, 0.1) is 0 Å². The first kappa shape index (κ1) is 16.4. The first-order chi connectivity index (χ1) is 9.28. The molecule has 2 N–H and O–H groups in total. The molecule has 0 saturated carbocycles. The monoisotopic (exact) mass is 346 g/mol. The molecule has 0 radical (unpaired) electrons. The van der Waals surface area contributed by atoms with E-state index in [9.17, 15) is 14.4 Å². The zero-order valence-electron chi connectivity index (χ0n) is 11.1. The van der Waals surface area contributed by atoms with Crippen molar-refractivity contribution >= 4 is 27.8 Å². The highest BCUT2D eigenvalue weighted by Gasteiger charge is 2.34. The minimum Gasteiger partial charge on any atom is -0.479 e. The quantitative estimate of drug-likeness (QED) is 0.767. The van der Waals surface area contributed by atoms with E-state index in [0.29, 0.717) is 4.47 Å². The first-order valence-electron chi connectivity index (χ1n) is 5.68. The minimum absolute atomic E-state index is 0.179. The van der Waals surface area contributed by atoms with Gasteiger partial charge in [0.25, 0.3) is 5.56 Å². The van der Waals surface area contributed by atoms with Crippen molar-refractivity contribution in [1.82, 2.24) is 9.88 Å². The van der Waals surface area contributed by atoms with E-state index in [0.717, 1.165) is 0 Å². The maximum atomic E-state index is 11.9. The van der Waals surface area contributed by atoms with Crippen LogP contribution in [0.5, 0.6) is 0 Å². The van der Waals surface area contributed by atoms with Crippen LogP contribution >= 0.6 is 15.9 Å². The standard InChI is InChI=1S/C12H15BrN2O5/c1-12(7-20-2,11(18)19)14-9(16)6-15-5-8(13)3-4-10(15)17/h3-5H,6-7H2,1-2H3,(H,14,16)(H,18,19). The van der Waals surface area contributed by atoms with E-state index in [1.165, 1.54) is 30.9 Å². The van der Waals surface area contributed by atoms with Gasteiger partial charge in [-0.15, -0.1) is 0 Å². The Kier molecular flexibility index (Phi) is 5.46. The van der Waals surface area contributed by atoms with Crippen molar-refractivity contribution in [2.24, 2.45) is 0 Å². The van der Waals surface area contributed by atoms with Gasteiger partial charge in [0.2, 0.25) is 5.91 Å². The summed E-state index contributed by atoms with van der Waals surface area (Å²) in [4.78, 5) is 34.6. The number of hydrogen-bond donors (Lipinski definition) is 2. The van der Waals surface area contributed by atoms with Crippen LogP contribution in [0.25, 0.3) is 0 Å². The fraction of sp³-hybridized carbons (Fsp3) is 0.417. The van der Waals surface area contributed by atoms with Gasteiger partial charge in [0.05, 0.1) is 6.61 Å². The number of aliphatic carboxylic acids is 1. The average molecular weight is 347 g/mol. The summed E-state index contributed by atoms with van der Waals surface area (Å²) in [5, 5.41) is 11.5. The van der Waals surface area contributed by atoms with E-state index >= 15 is 0 Å². The number of carboxylic acids is 1. The van der Waals surface area contributed by atoms with Crippen molar-refractivity contribution in [3.05, 3.63) is 33.2 Å². The number of carbonyl (C=O) groups excluding carboxylic acids is 1. The molecule has 20 heavy (non-hydrogen) atoms. The third-order valence-corrected chi connectivity index (χ3v) is 3.05. The largest absolute Gasteiger partial charge is 0.479 e. The molecule has 1 amide bonds. The van der Waals surface area contributed by atoms with Gasteiger partial charge in [-0.05, 0) is 28.9 Å². The van der Waals surface area contributed by atoms with Crippen molar-refractivity contribution in [3.63, 3.8) is 0 Å². The molecule has 1 heterocycles. The number of halogens is 1. The Balaban J connectivity index is 2.83. The zero-order valence-corrected chi connectivity index (χ0v) is 12.6. The van der Waals surface area contributed by atoms with Crippen LogP contribution in [0.2, 0.25) is 0 Å². The molecule has 0 saturated heterocycles. The maximum absolute atomic E-state index is 11.9. The van der Waals surface area contributed by atoms with Crippen molar-refractivity contribution in [2.75, 3.05) is 13.7 Å². The van der Waals surface area contributed by atoms with Gasteiger partial charge in [0.1, 0.15) is 6.54 Å². The summed E-state index contributed by atoms with van der Waals surface area (Å²) in [6.07, 6.45) is 1.45. The molecule has 8 heteroatoms. The summed E-state index contributed by atoms with van der Waals surface area (Å²) in [5.41, 5.74) is -1.89. The molecule has 0 aliphatic carbocycles. The van der Waals surface area contributed by atoms with Crippen LogP contribution in [0.3, 0.4) is 0 Å². The number of amides is 1. The molecule has 1 aromatic heterocycles. The molecule has 1 unspecified atom stereocenters. The number of carbonyl (C=O) groups is 2. The van der Waals surface area contributed by atoms with E-state index in [1.807, 2.05) is 0 Å². The van der Waals surface area contributed by atoms with Gasteiger partial charge < -0.3 is 19.7 Å². The summed E-state index contributed by atoms with van der Waals surface area (Å²) in [6.45, 7) is 0.882. The number of pyridine rings is 1. The number of hydrogen-bond acceptors (Lipinski definition) is 4. The predicted molar refractivity (Wildman–Crippen MR) is 74.5 cm³/mol. The third-order valence-electron chi connectivity index (χ3n) is 2.58. The molecule has 1 aromatic rings. The summed E-state index contributed by atoms with van der Waals surface area (Å²) in [7, 11) is 1.34. The third kappa shape index (κ3) is 4.17. The van der Waals surface area contributed by atoms with Crippen LogP contribution in [0.4, 0.5) is 0 Å². The molecule has 0 spiro atoms. The first-order valence-corrected chi connectivity index (χ1v) is 6.47. The maximum Gasteiger partial charge on any atom is 0.331 e. The second-order valence-electron chi connectivity index (χ2n) is 4.43. The number of ether oxygens (including phenoxy) is 1. The van der Waals surface area contributed by atoms with E-state index in [4.69, 9.17) is 9.84 Å². The van der Waals surface area contributed by atoms with Crippen LogP contribution in [-0.2, 0) is 20.9 Å². The normalized spacial score (nSPS) is 13.6. The molecule has 110 valence electrons. The minimum atomic E-state index is -1.54. The number of aromatic nitrogens is 1. The highest BCUT2D eigenvalue weighted by Crippen LogP contribution is 2.06. The predicted octanol–water partition coefficient (Wildman–Crippen LogP) is 0.217. The van der Waals surface area contributed by atoms with Crippen molar-refractivity contribution in [2.45, 2.75) is 19.0 Å². The van der Waals surface area contributed by atoms with Gasteiger partial charge in [-0.2, -0.15) is 0 Å². The van der Waals surface area contributed by atoms with E-state index < -0.39 is 17.4 Å². The van der Waals surface area contributed by atoms with Crippen molar-refractivity contribution in [1.29, 1.82) is 0 Å². The summed E-state index contributed by atoms with van der Waals surface area (Å²) < 4.78 is 6.61. The van der Waals surface area contributed by atoms with Gasteiger partial charge in [0, 0.05) is 23.8 Å². The zero-order chi connectivity index (χ0) is 15.3. The van der Waals surface area contributed by atoms with Gasteiger partial charge in [-0.1, -0.05) is 0 Å². The lowest BCUT2D eigenvalue weighted by Crippen LogP contribution is -2.56. The summed E-state index contributed by atoms with van der Waals surface area (Å²) >= 11 is 3.19. The number of rotatable bonds is 6. The number of nitrogens with zero attached hydrogens (tertiary/aromatic N) is 1. The molecule has 0 aliphatic rings. The lowest BCUT2D eigenvalue weighted by molar-refractivity contribution is -0.149. The number of carboxylic acid groups (broad SMARTS) is 1. The summed E-state index contributed by atoms with van der Waals surface area (Å²) in [5.74, 6) is -1.80. The Bertz CT molecular complexity index is 571. The van der Waals surface area contributed by atoms with Gasteiger partial charge >= 0.3 is 5.97 Å². The van der Waals surface area contributed by atoms with E-state index in [1.54, 1.807) is 6.07 Å². The second-order valence-corrected chi connectivity index (χ2v) is 5.35. The second kappa shape index (κ2) is 6.67. The highest BCUT2D eigenvalue weighted by molar-refractivity contribution is 9.10. The van der Waals surface area contributed by atoms with Gasteiger partial charge in [-0.25, -0.2) is 4.79 Å².